The van der Waals surface area contributed by atoms with E-state index < -0.39 is 6.04 Å². The van der Waals surface area contributed by atoms with E-state index in [-0.39, 0.29) is 5.75 Å². The van der Waals surface area contributed by atoms with E-state index in [0.717, 1.165) is 22.4 Å². The summed E-state index contributed by atoms with van der Waals surface area (Å²) in [6.45, 7) is 2.98. The van der Waals surface area contributed by atoms with Crippen LogP contribution in [0, 0.1) is 0 Å². The van der Waals surface area contributed by atoms with Crippen molar-refractivity contribution in [2.24, 2.45) is 0 Å². The fourth-order valence-corrected chi connectivity index (χ4v) is 4.17. The van der Waals surface area contributed by atoms with Crippen LogP contribution in [0.2, 0.25) is 5.02 Å². The molecule has 0 radical (unpaired) electrons. The number of phenolic OH excluding ortho intramolecular Hbond substituents is 1. The van der Waals surface area contributed by atoms with Gasteiger partial charge in [0.25, 0.3) is 5.89 Å². The molecule has 1 atom stereocenters. The Kier molecular flexibility index (Phi) is 6.83. The van der Waals surface area contributed by atoms with Crippen molar-refractivity contribution < 1.29 is 19.1 Å². The normalized spacial score (nSPS) is 16.2. The zero-order valence-corrected chi connectivity index (χ0v) is 19.9. The van der Waals surface area contributed by atoms with Gasteiger partial charge in [-0.1, -0.05) is 22.8 Å². The summed E-state index contributed by atoms with van der Waals surface area (Å²) in [5.41, 5.74) is 3.14. The summed E-state index contributed by atoms with van der Waals surface area (Å²) in [6, 6.07) is 12.0. The number of rotatable bonds is 7. The van der Waals surface area contributed by atoms with Gasteiger partial charge in [0, 0.05) is 29.9 Å². The molecule has 1 aromatic heterocycles. The van der Waals surface area contributed by atoms with Gasteiger partial charge in [-0.2, -0.15) is 4.98 Å². The predicted octanol–water partition coefficient (Wildman–Crippen LogP) is 4.41. The molecule has 0 fully saturated rings. The summed E-state index contributed by atoms with van der Waals surface area (Å²) in [5, 5.41) is 19.0. The molecule has 10 heteroatoms. The first-order valence-electron chi connectivity index (χ1n) is 10.2. The quantitative estimate of drug-likeness (QED) is 0.471. The largest absolute Gasteiger partial charge is 0.504 e. The van der Waals surface area contributed by atoms with E-state index in [0.29, 0.717) is 40.8 Å². The summed E-state index contributed by atoms with van der Waals surface area (Å²) in [6.07, 6.45) is 0. The number of methoxy groups -OCH3 is 2. The first-order valence-corrected chi connectivity index (χ1v) is 11.0. The summed E-state index contributed by atoms with van der Waals surface area (Å²) >= 11 is 11.6. The van der Waals surface area contributed by atoms with Gasteiger partial charge in [-0.15, -0.1) is 0 Å². The molecule has 0 spiro atoms. The maximum Gasteiger partial charge on any atom is 0.258 e. The number of allylic oxidation sites excluding steroid dienone is 1. The van der Waals surface area contributed by atoms with Crippen LogP contribution in [0.1, 0.15) is 24.4 Å². The number of phenols is 1. The van der Waals surface area contributed by atoms with Crippen molar-refractivity contribution in [3.8, 4) is 22.9 Å². The van der Waals surface area contributed by atoms with Crippen LogP contribution in [0.4, 0.5) is 0 Å². The van der Waals surface area contributed by atoms with E-state index >= 15 is 0 Å². The molecule has 2 aromatic carbocycles. The number of nitrogens with one attached hydrogen (secondary N) is 1. The van der Waals surface area contributed by atoms with E-state index in [2.05, 4.69) is 15.5 Å². The first kappa shape index (κ1) is 23.0. The smallest absolute Gasteiger partial charge is 0.258 e. The molecule has 0 amide bonds. The Hall–Kier alpha value is -3.14. The lowest BCUT2D eigenvalue weighted by molar-refractivity contribution is 0.183. The molecule has 0 saturated heterocycles. The van der Waals surface area contributed by atoms with Gasteiger partial charge in [0.2, 0.25) is 5.82 Å². The lowest BCUT2D eigenvalue weighted by Gasteiger charge is -2.37. The zero-order valence-electron chi connectivity index (χ0n) is 18.3. The highest BCUT2D eigenvalue weighted by molar-refractivity contribution is 7.80. The highest BCUT2D eigenvalue weighted by Gasteiger charge is 2.34. The van der Waals surface area contributed by atoms with Gasteiger partial charge in [0.05, 0.1) is 25.3 Å². The second-order valence-electron chi connectivity index (χ2n) is 7.39. The van der Waals surface area contributed by atoms with E-state index in [1.807, 2.05) is 30.0 Å². The van der Waals surface area contributed by atoms with Crippen molar-refractivity contribution in [1.29, 1.82) is 0 Å². The summed E-state index contributed by atoms with van der Waals surface area (Å²) < 4.78 is 16.1. The van der Waals surface area contributed by atoms with Crippen molar-refractivity contribution in [2.75, 3.05) is 27.4 Å². The predicted molar refractivity (Wildman–Crippen MR) is 129 cm³/mol. The standard InChI is InChI=1S/C23H23ClN4O4S/c1-13-19(22-26-21(27-32-22)14-4-7-16(24)8-5-14)20(25-23(33)28(13)10-11-30-2)15-6-9-18(31-3)17(29)12-15/h4-9,12,20,29H,10-11H2,1-3H3,(H,25,33). The Morgan fingerprint density at radius 1 is 1.21 bits per heavy atom. The number of hydrogen-bond acceptors (Lipinski definition) is 7. The molecule has 1 aliphatic rings. The van der Waals surface area contributed by atoms with Crippen LogP contribution in [0.5, 0.6) is 11.5 Å². The highest BCUT2D eigenvalue weighted by Crippen LogP contribution is 2.39. The number of ether oxygens (including phenoxy) is 2. The summed E-state index contributed by atoms with van der Waals surface area (Å²) in [5.74, 6) is 1.18. The fraction of sp³-hybridized carbons (Fsp3) is 0.261. The van der Waals surface area contributed by atoms with Crippen LogP contribution in [-0.2, 0) is 4.74 Å². The second-order valence-corrected chi connectivity index (χ2v) is 8.21. The number of thiocarbonyl (C=S) groups is 1. The van der Waals surface area contributed by atoms with E-state index in [4.69, 9.17) is 37.8 Å². The second kappa shape index (κ2) is 9.78. The average molecular weight is 487 g/mol. The number of nitrogens with zero attached hydrogens (tertiary/aromatic N) is 3. The van der Waals surface area contributed by atoms with Crippen LogP contribution >= 0.6 is 23.8 Å². The Labute approximate surface area is 201 Å². The highest BCUT2D eigenvalue weighted by atomic mass is 35.5. The number of aromatic nitrogens is 2. The zero-order chi connectivity index (χ0) is 23.5. The van der Waals surface area contributed by atoms with Gasteiger partial charge in [0.1, 0.15) is 0 Å². The monoisotopic (exact) mass is 486 g/mol. The van der Waals surface area contributed by atoms with Crippen molar-refractivity contribution in [3.63, 3.8) is 0 Å². The molecule has 0 aliphatic carbocycles. The lowest BCUT2D eigenvalue weighted by atomic mass is 9.94. The van der Waals surface area contributed by atoms with E-state index in [1.165, 1.54) is 7.11 Å². The third kappa shape index (κ3) is 4.66. The summed E-state index contributed by atoms with van der Waals surface area (Å²) in [7, 11) is 3.14. The van der Waals surface area contributed by atoms with E-state index in [1.54, 1.807) is 31.4 Å². The van der Waals surface area contributed by atoms with Crippen LogP contribution in [0.15, 0.2) is 52.7 Å². The lowest BCUT2D eigenvalue weighted by Crippen LogP contribution is -2.47. The molecule has 33 heavy (non-hydrogen) atoms. The van der Waals surface area contributed by atoms with Gasteiger partial charge >= 0.3 is 0 Å². The molecule has 8 nitrogen and oxygen atoms in total. The Balaban J connectivity index is 1.80. The molecule has 1 aliphatic heterocycles. The molecule has 4 rings (SSSR count). The number of benzene rings is 2. The Morgan fingerprint density at radius 2 is 1.97 bits per heavy atom. The minimum Gasteiger partial charge on any atom is -0.504 e. The molecule has 0 bridgehead atoms. The number of aromatic hydroxyl groups is 1. The third-order valence-corrected chi connectivity index (χ3v) is 6.00. The van der Waals surface area contributed by atoms with Crippen LogP contribution in [0.25, 0.3) is 17.0 Å². The minimum atomic E-state index is -0.424. The Morgan fingerprint density at radius 3 is 2.64 bits per heavy atom. The molecule has 172 valence electrons. The average Bonchev–Trinajstić information content (AvgIpc) is 3.28. The van der Waals surface area contributed by atoms with Crippen LogP contribution < -0.4 is 10.1 Å². The van der Waals surface area contributed by atoms with E-state index in [9.17, 15) is 5.11 Å². The van der Waals surface area contributed by atoms with Gasteiger partial charge in [0.15, 0.2) is 16.6 Å². The van der Waals surface area contributed by atoms with Crippen molar-refractivity contribution in [2.45, 2.75) is 13.0 Å². The maximum absolute atomic E-state index is 10.4. The maximum atomic E-state index is 10.4. The van der Waals surface area contributed by atoms with Crippen LogP contribution in [0.3, 0.4) is 0 Å². The van der Waals surface area contributed by atoms with Gasteiger partial charge < -0.3 is 29.3 Å². The third-order valence-electron chi connectivity index (χ3n) is 5.41. The van der Waals surface area contributed by atoms with Crippen molar-refractivity contribution in [1.82, 2.24) is 20.4 Å². The molecule has 2 heterocycles. The molecule has 1 unspecified atom stereocenters. The Bertz CT molecular complexity index is 1200. The van der Waals surface area contributed by atoms with Gasteiger partial charge in [-0.05, 0) is 61.1 Å². The number of hydrogen-bond donors (Lipinski definition) is 2. The van der Waals surface area contributed by atoms with Gasteiger partial charge in [-0.3, -0.25) is 0 Å². The SMILES string of the molecule is COCCN1C(=S)NC(c2ccc(OC)c(O)c2)C(c2nc(-c3ccc(Cl)cc3)no2)=C1C. The molecule has 2 N–H and O–H groups in total. The van der Waals surface area contributed by atoms with Crippen molar-refractivity contribution in [3.05, 3.63) is 64.6 Å². The minimum absolute atomic E-state index is 0.0221. The number of halogens is 1. The molecule has 0 saturated carbocycles. The van der Waals surface area contributed by atoms with Crippen LogP contribution in [-0.4, -0.2) is 52.6 Å². The van der Waals surface area contributed by atoms with Crippen molar-refractivity contribution >= 4 is 34.5 Å². The fourth-order valence-electron chi connectivity index (χ4n) is 3.70. The topological polar surface area (TPSA) is 92.9 Å². The molecule has 3 aromatic rings. The van der Waals surface area contributed by atoms with Gasteiger partial charge in [-0.25, -0.2) is 0 Å². The molecular formula is C23H23ClN4O4S. The molecular weight excluding hydrogens is 464 g/mol. The first-order chi connectivity index (χ1) is 15.9. The summed E-state index contributed by atoms with van der Waals surface area (Å²) in [4.78, 5) is 6.58.